The summed E-state index contributed by atoms with van der Waals surface area (Å²) in [6.45, 7) is 4.24. The molecule has 2 atom stereocenters. The molecule has 0 heterocycles. The van der Waals surface area contributed by atoms with Crippen LogP contribution in [-0.2, 0) is 32.7 Å². The fraction of sp³-hybridized carbons (Fsp3) is 0.909. The zero-order valence-corrected chi connectivity index (χ0v) is 36.8. The van der Waals surface area contributed by atoms with E-state index in [9.17, 15) is 19.0 Å². The Morgan fingerprint density at radius 2 is 0.944 bits per heavy atom. The number of carbonyl (C=O) groups excluding carboxylic acids is 2. The summed E-state index contributed by atoms with van der Waals surface area (Å²) in [7, 11) is 1.17. The molecule has 10 heteroatoms. The molecule has 0 aliphatic rings. The standard InChI is InChI=1S/C44H86NO8P/c1-6-8-10-12-14-16-18-20-22-23-25-27-29-31-33-35-37-44(47)53-42(41-52-54(48,49)51-39-38-45(3,4)5)40-50-43(46)36-34-32-30-28-26-24-21-19-17-15-13-11-9-7-2/h22-23,42H,6-21,24-41H2,1-5H3/b23-22-/t42-/m1/s1. The van der Waals surface area contributed by atoms with Gasteiger partial charge in [-0.1, -0.05) is 167 Å². The van der Waals surface area contributed by atoms with Gasteiger partial charge in [-0.3, -0.25) is 14.2 Å². The highest BCUT2D eigenvalue weighted by Gasteiger charge is 2.21. The van der Waals surface area contributed by atoms with Crippen molar-refractivity contribution in [3.05, 3.63) is 12.2 Å². The highest BCUT2D eigenvalue weighted by molar-refractivity contribution is 7.45. The predicted molar refractivity (Wildman–Crippen MR) is 222 cm³/mol. The Morgan fingerprint density at radius 3 is 1.37 bits per heavy atom. The minimum Gasteiger partial charge on any atom is -0.756 e. The van der Waals surface area contributed by atoms with Crippen molar-refractivity contribution in [2.24, 2.45) is 0 Å². The number of nitrogens with zero attached hydrogens (tertiary/aromatic N) is 1. The molecule has 0 saturated carbocycles. The SMILES string of the molecule is CCCCCCCCC/C=C\CCCCCCCC(=O)O[C@H](COC(=O)CCCCCCCCCCCCCCCC)COP(=O)([O-])OCC[N+](C)(C)C. The summed E-state index contributed by atoms with van der Waals surface area (Å²) in [5, 5.41) is 0. The van der Waals surface area contributed by atoms with Crippen LogP contribution in [0.5, 0.6) is 0 Å². The van der Waals surface area contributed by atoms with Gasteiger partial charge in [0, 0.05) is 12.8 Å². The molecule has 0 amide bonds. The maximum atomic E-state index is 12.7. The van der Waals surface area contributed by atoms with Crippen molar-refractivity contribution in [2.75, 3.05) is 47.5 Å². The van der Waals surface area contributed by atoms with Gasteiger partial charge in [-0.15, -0.1) is 0 Å². The molecule has 54 heavy (non-hydrogen) atoms. The Kier molecular flexibility index (Phi) is 36.5. The van der Waals surface area contributed by atoms with Gasteiger partial charge in [-0.25, -0.2) is 0 Å². The summed E-state index contributed by atoms with van der Waals surface area (Å²) in [5.41, 5.74) is 0. The first-order valence-corrected chi connectivity index (χ1v) is 23.9. The summed E-state index contributed by atoms with van der Waals surface area (Å²) in [5.74, 6) is -0.835. The smallest absolute Gasteiger partial charge is 0.306 e. The lowest BCUT2D eigenvalue weighted by molar-refractivity contribution is -0.870. The van der Waals surface area contributed by atoms with Crippen molar-refractivity contribution in [1.82, 2.24) is 0 Å². The Balaban J connectivity index is 4.34. The minimum absolute atomic E-state index is 0.0293. The molecule has 0 radical (unpaired) electrons. The zero-order valence-electron chi connectivity index (χ0n) is 35.9. The molecule has 0 rings (SSSR count). The monoisotopic (exact) mass is 788 g/mol. The second-order valence-electron chi connectivity index (χ2n) is 16.4. The Hall–Kier alpha value is -1.25. The Labute approximate surface area is 333 Å². The third-order valence-electron chi connectivity index (χ3n) is 9.79. The summed E-state index contributed by atoms with van der Waals surface area (Å²) in [6, 6.07) is 0. The van der Waals surface area contributed by atoms with E-state index in [0.717, 1.165) is 51.4 Å². The number of carbonyl (C=O) groups is 2. The first-order valence-electron chi connectivity index (χ1n) is 22.4. The molecule has 0 aromatic carbocycles. The van der Waals surface area contributed by atoms with E-state index in [1.165, 1.54) is 122 Å². The molecule has 0 fully saturated rings. The molecule has 0 N–H and O–H groups in total. The van der Waals surface area contributed by atoms with E-state index in [2.05, 4.69) is 26.0 Å². The normalized spacial score (nSPS) is 13.7. The highest BCUT2D eigenvalue weighted by atomic mass is 31.2. The van der Waals surface area contributed by atoms with Crippen LogP contribution in [0.4, 0.5) is 0 Å². The number of allylic oxidation sites excluding steroid dienone is 2. The van der Waals surface area contributed by atoms with E-state index in [0.29, 0.717) is 17.4 Å². The van der Waals surface area contributed by atoms with Gasteiger partial charge in [0.1, 0.15) is 19.8 Å². The van der Waals surface area contributed by atoms with Gasteiger partial charge in [0.2, 0.25) is 0 Å². The first kappa shape index (κ1) is 52.8. The molecular weight excluding hydrogens is 701 g/mol. The summed E-state index contributed by atoms with van der Waals surface area (Å²) in [6.07, 6.45) is 38.0. The molecule has 0 bridgehead atoms. The Morgan fingerprint density at radius 1 is 0.556 bits per heavy atom. The minimum atomic E-state index is -4.62. The van der Waals surface area contributed by atoms with Gasteiger partial charge in [0.05, 0.1) is 27.7 Å². The highest BCUT2D eigenvalue weighted by Crippen LogP contribution is 2.38. The molecule has 1 unspecified atom stereocenters. The summed E-state index contributed by atoms with van der Waals surface area (Å²) in [4.78, 5) is 37.5. The van der Waals surface area contributed by atoms with Gasteiger partial charge in [0.15, 0.2) is 6.10 Å². The fourth-order valence-corrected chi connectivity index (χ4v) is 6.97. The van der Waals surface area contributed by atoms with Crippen molar-refractivity contribution in [3.63, 3.8) is 0 Å². The van der Waals surface area contributed by atoms with Gasteiger partial charge in [-0.05, 0) is 38.5 Å². The molecule has 320 valence electrons. The lowest BCUT2D eigenvalue weighted by Crippen LogP contribution is -2.37. The van der Waals surface area contributed by atoms with E-state index in [-0.39, 0.29) is 32.0 Å². The lowest BCUT2D eigenvalue weighted by Gasteiger charge is -2.28. The van der Waals surface area contributed by atoms with E-state index in [1.807, 2.05) is 21.1 Å². The van der Waals surface area contributed by atoms with E-state index < -0.39 is 26.5 Å². The Bertz CT molecular complexity index is 938. The average Bonchev–Trinajstić information content (AvgIpc) is 3.12. The van der Waals surface area contributed by atoms with Crippen LogP contribution in [0.15, 0.2) is 12.2 Å². The van der Waals surface area contributed by atoms with Crippen LogP contribution < -0.4 is 4.89 Å². The second kappa shape index (κ2) is 37.3. The van der Waals surface area contributed by atoms with Crippen molar-refractivity contribution in [1.29, 1.82) is 0 Å². The number of phosphoric acid groups is 1. The molecule has 0 aliphatic heterocycles. The van der Waals surface area contributed by atoms with Crippen LogP contribution in [0.2, 0.25) is 0 Å². The summed E-state index contributed by atoms with van der Waals surface area (Å²) >= 11 is 0. The zero-order chi connectivity index (χ0) is 40.0. The molecular formula is C44H86NO8P. The maximum Gasteiger partial charge on any atom is 0.306 e. The van der Waals surface area contributed by atoms with Gasteiger partial charge < -0.3 is 27.9 Å². The molecule has 0 aliphatic carbocycles. The van der Waals surface area contributed by atoms with Gasteiger partial charge in [-0.2, -0.15) is 0 Å². The molecule has 0 saturated heterocycles. The number of hydrogen-bond donors (Lipinski definition) is 0. The van der Waals surface area contributed by atoms with Crippen LogP contribution in [0.3, 0.4) is 0 Å². The third kappa shape index (κ3) is 40.4. The maximum absolute atomic E-state index is 12.7. The number of likely N-dealkylation sites (N-methyl/N-ethyl adjacent to an activating group) is 1. The number of quaternary nitrogens is 1. The van der Waals surface area contributed by atoms with Crippen molar-refractivity contribution < 1.29 is 42.1 Å². The number of ether oxygens (including phenoxy) is 2. The fourth-order valence-electron chi connectivity index (χ4n) is 6.24. The molecule has 0 aromatic heterocycles. The van der Waals surface area contributed by atoms with Crippen LogP contribution in [0, 0.1) is 0 Å². The van der Waals surface area contributed by atoms with E-state index in [4.69, 9.17) is 18.5 Å². The predicted octanol–water partition coefficient (Wildman–Crippen LogP) is 11.9. The number of unbranched alkanes of at least 4 members (excludes halogenated alkanes) is 25. The van der Waals surface area contributed by atoms with Gasteiger partial charge >= 0.3 is 11.9 Å². The topological polar surface area (TPSA) is 111 Å². The third-order valence-corrected chi connectivity index (χ3v) is 10.7. The van der Waals surface area contributed by atoms with Gasteiger partial charge in [0.25, 0.3) is 7.82 Å². The largest absolute Gasteiger partial charge is 0.756 e. The average molecular weight is 788 g/mol. The number of rotatable bonds is 41. The van der Waals surface area contributed by atoms with E-state index in [1.54, 1.807) is 0 Å². The van der Waals surface area contributed by atoms with Crippen LogP contribution in [-0.4, -0.2) is 70.0 Å². The first-order chi connectivity index (χ1) is 26.0. The van der Waals surface area contributed by atoms with Crippen LogP contribution >= 0.6 is 7.82 Å². The molecule has 0 aromatic rings. The number of hydrogen-bond acceptors (Lipinski definition) is 8. The van der Waals surface area contributed by atoms with Crippen molar-refractivity contribution >= 4 is 19.8 Å². The number of esters is 2. The lowest BCUT2D eigenvalue weighted by atomic mass is 10.0. The van der Waals surface area contributed by atoms with Crippen molar-refractivity contribution in [2.45, 2.75) is 213 Å². The molecule has 9 nitrogen and oxygen atoms in total. The summed E-state index contributed by atoms with van der Waals surface area (Å²) < 4.78 is 33.9. The van der Waals surface area contributed by atoms with Crippen molar-refractivity contribution in [3.8, 4) is 0 Å². The van der Waals surface area contributed by atoms with Crippen LogP contribution in [0.25, 0.3) is 0 Å². The van der Waals surface area contributed by atoms with Crippen LogP contribution in [0.1, 0.15) is 206 Å². The van der Waals surface area contributed by atoms with E-state index >= 15 is 0 Å². The molecule has 0 spiro atoms. The second-order valence-corrected chi connectivity index (χ2v) is 17.8. The quantitative estimate of drug-likeness (QED) is 0.0198. The number of phosphoric ester groups is 1.